The van der Waals surface area contributed by atoms with E-state index >= 15 is 0 Å². The van der Waals surface area contributed by atoms with Crippen LogP contribution < -0.4 is 5.32 Å². The van der Waals surface area contributed by atoms with Crippen LogP contribution in [0.25, 0.3) is 0 Å². The molecular formula is C9H19NO. The molecule has 0 bridgehead atoms. The molecule has 0 heterocycles. The van der Waals surface area contributed by atoms with Gasteiger partial charge in [0, 0.05) is 0 Å². The Morgan fingerprint density at radius 3 is 2.91 bits per heavy atom. The van der Waals surface area contributed by atoms with Crippen LogP contribution in [0.2, 0.25) is 0 Å². The van der Waals surface area contributed by atoms with E-state index in [4.69, 9.17) is 0 Å². The first kappa shape index (κ1) is 9.01. The monoisotopic (exact) mass is 157 g/mol. The highest BCUT2D eigenvalue weighted by Crippen LogP contribution is 2.26. The summed E-state index contributed by atoms with van der Waals surface area (Å²) < 4.78 is 0. The molecule has 1 rings (SSSR count). The van der Waals surface area contributed by atoms with Crippen LogP contribution in [0.4, 0.5) is 0 Å². The summed E-state index contributed by atoms with van der Waals surface area (Å²) in [6.07, 6.45) is 5.81. The van der Waals surface area contributed by atoms with Crippen molar-refractivity contribution in [3.63, 3.8) is 0 Å². The minimum Gasteiger partial charge on any atom is -0.393 e. The molecule has 0 spiro atoms. The summed E-state index contributed by atoms with van der Waals surface area (Å²) in [7, 11) is 1.99. The second-order valence-corrected chi connectivity index (χ2v) is 3.58. The SMILES string of the molecule is CNCCC1CCCC(O)C1. The van der Waals surface area contributed by atoms with Gasteiger partial charge < -0.3 is 10.4 Å². The molecule has 0 radical (unpaired) electrons. The van der Waals surface area contributed by atoms with E-state index in [1.54, 1.807) is 0 Å². The molecule has 0 amide bonds. The van der Waals surface area contributed by atoms with Crippen molar-refractivity contribution >= 4 is 0 Å². The Balaban J connectivity index is 2.12. The molecule has 0 aromatic rings. The van der Waals surface area contributed by atoms with Gasteiger partial charge in [0.05, 0.1) is 6.10 Å². The van der Waals surface area contributed by atoms with Crippen LogP contribution in [0.3, 0.4) is 0 Å². The number of aliphatic hydroxyl groups is 1. The summed E-state index contributed by atoms with van der Waals surface area (Å²) in [6, 6.07) is 0. The van der Waals surface area contributed by atoms with E-state index < -0.39 is 0 Å². The molecule has 1 aliphatic carbocycles. The molecule has 1 fully saturated rings. The molecule has 2 atom stereocenters. The van der Waals surface area contributed by atoms with Crippen molar-refractivity contribution in [2.24, 2.45) is 5.92 Å². The van der Waals surface area contributed by atoms with Crippen molar-refractivity contribution in [1.29, 1.82) is 0 Å². The maximum Gasteiger partial charge on any atom is 0.0542 e. The lowest BCUT2D eigenvalue weighted by molar-refractivity contribution is 0.0985. The smallest absolute Gasteiger partial charge is 0.0542 e. The average molecular weight is 157 g/mol. The first-order chi connectivity index (χ1) is 5.33. The highest BCUT2D eigenvalue weighted by atomic mass is 16.3. The summed E-state index contributed by atoms with van der Waals surface area (Å²) in [5.74, 6) is 0.770. The minimum atomic E-state index is -0.00870. The molecule has 2 nitrogen and oxygen atoms in total. The van der Waals surface area contributed by atoms with E-state index in [1.807, 2.05) is 7.05 Å². The van der Waals surface area contributed by atoms with Crippen molar-refractivity contribution in [3.05, 3.63) is 0 Å². The Labute approximate surface area is 69.0 Å². The highest BCUT2D eigenvalue weighted by Gasteiger charge is 2.18. The minimum absolute atomic E-state index is 0.00870. The summed E-state index contributed by atoms with van der Waals surface area (Å²) in [6.45, 7) is 1.09. The van der Waals surface area contributed by atoms with Gasteiger partial charge in [0.15, 0.2) is 0 Å². The van der Waals surface area contributed by atoms with Gasteiger partial charge >= 0.3 is 0 Å². The van der Waals surface area contributed by atoms with Gasteiger partial charge in [0.25, 0.3) is 0 Å². The summed E-state index contributed by atoms with van der Waals surface area (Å²) in [5.41, 5.74) is 0. The van der Waals surface area contributed by atoms with Gasteiger partial charge in [0.1, 0.15) is 0 Å². The maximum absolute atomic E-state index is 9.36. The molecule has 0 aliphatic heterocycles. The van der Waals surface area contributed by atoms with Crippen molar-refractivity contribution in [2.75, 3.05) is 13.6 Å². The molecule has 2 heteroatoms. The second-order valence-electron chi connectivity index (χ2n) is 3.58. The molecule has 11 heavy (non-hydrogen) atoms. The Bertz CT molecular complexity index is 106. The van der Waals surface area contributed by atoms with Gasteiger partial charge in [-0.15, -0.1) is 0 Å². The largest absolute Gasteiger partial charge is 0.393 e. The third kappa shape index (κ3) is 3.21. The van der Waals surface area contributed by atoms with E-state index in [-0.39, 0.29) is 6.10 Å². The van der Waals surface area contributed by atoms with Crippen LogP contribution in [0, 0.1) is 5.92 Å². The number of hydrogen-bond donors (Lipinski definition) is 2. The maximum atomic E-state index is 9.36. The topological polar surface area (TPSA) is 32.3 Å². The summed E-state index contributed by atoms with van der Waals surface area (Å²) >= 11 is 0. The van der Waals surface area contributed by atoms with Gasteiger partial charge in [-0.3, -0.25) is 0 Å². The van der Waals surface area contributed by atoms with Crippen LogP contribution >= 0.6 is 0 Å². The predicted molar refractivity (Wildman–Crippen MR) is 46.5 cm³/mol. The fraction of sp³-hybridized carbons (Fsp3) is 1.00. The fourth-order valence-corrected chi connectivity index (χ4v) is 1.87. The first-order valence-electron chi connectivity index (χ1n) is 4.65. The Hall–Kier alpha value is -0.0800. The molecule has 0 aromatic carbocycles. The first-order valence-corrected chi connectivity index (χ1v) is 4.65. The van der Waals surface area contributed by atoms with Gasteiger partial charge in [-0.05, 0) is 38.8 Å². The van der Waals surface area contributed by atoms with Gasteiger partial charge in [0.2, 0.25) is 0 Å². The number of hydrogen-bond acceptors (Lipinski definition) is 2. The number of aliphatic hydroxyl groups excluding tert-OH is 1. The normalized spacial score (nSPS) is 32.2. The predicted octanol–water partition coefficient (Wildman–Crippen LogP) is 1.15. The zero-order valence-electron chi connectivity index (χ0n) is 7.34. The third-order valence-electron chi connectivity index (χ3n) is 2.56. The van der Waals surface area contributed by atoms with Crippen molar-refractivity contribution in [3.8, 4) is 0 Å². The molecule has 66 valence electrons. The second kappa shape index (κ2) is 4.73. The van der Waals surface area contributed by atoms with Crippen LogP contribution in [0.1, 0.15) is 32.1 Å². The summed E-state index contributed by atoms with van der Waals surface area (Å²) in [5, 5.41) is 12.5. The van der Waals surface area contributed by atoms with Crippen LogP contribution in [0.5, 0.6) is 0 Å². The number of nitrogens with one attached hydrogen (secondary N) is 1. The molecule has 0 aromatic heterocycles. The number of rotatable bonds is 3. The standard InChI is InChI=1S/C9H19NO/c1-10-6-5-8-3-2-4-9(11)7-8/h8-11H,2-7H2,1H3. The Morgan fingerprint density at radius 1 is 1.45 bits per heavy atom. The van der Waals surface area contributed by atoms with Crippen molar-refractivity contribution in [2.45, 2.75) is 38.2 Å². The fourth-order valence-electron chi connectivity index (χ4n) is 1.87. The Morgan fingerprint density at radius 2 is 2.27 bits per heavy atom. The molecule has 2 N–H and O–H groups in total. The van der Waals surface area contributed by atoms with Crippen LogP contribution in [0.15, 0.2) is 0 Å². The van der Waals surface area contributed by atoms with Gasteiger partial charge in [-0.2, -0.15) is 0 Å². The lowest BCUT2D eigenvalue weighted by Gasteiger charge is -2.25. The van der Waals surface area contributed by atoms with E-state index in [2.05, 4.69) is 5.32 Å². The third-order valence-corrected chi connectivity index (χ3v) is 2.56. The van der Waals surface area contributed by atoms with Gasteiger partial charge in [-0.25, -0.2) is 0 Å². The lowest BCUT2D eigenvalue weighted by Crippen LogP contribution is -2.22. The molecular weight excluding hydrogens is 138 g/mol. The van der Waals surface area contributed by atoms with Crippen molar-refractivity contribution in [1.82, 2.24) is 5.32 Å². The lowest BCUT2D eigenvalue weighted by atomic mass is 9.85. The zero-order chi connectivity index (χ0) is 8.10. The van der Waals surface area contributed by atoms with E-state index in [0.717, 1.165) is 25.3 Å². The molecule has 1 saturated carbocycles. The van der Waals surface area contributed by atoms with Crippen LogP contribution in [-0.2, 0) is 0 Å². The molecule has 1 aliphatic rings. The molecule has 0 saturated heterocycles. The quantitative estimate of drug-likeness (QED) is 0.644. The average Bonchev–Trinajstić information content (AvgIpc) is 2.01. The molecule has 2 unspecified atom stereocenters. The van der Waals surface area contributed by atoms with E-state index in [1.165, 1.54) is 19.3 Å². The van der Waals surface area contributed by atoms with Crippen LogP contribution in [-0.4, -0.2) is 24.8 Å². The van der Waals surface area contributed by atoms with Crippen molar-refractivity contribution < 1.29 is 5.11 Å². The van der Waals surface area contributed by atoms with E-state index in [0.29, 0.717) is 0 Å². The highest BCUT2D eigenvalue weighted by molar-refractivity contribution is 4.72. The Kier molecular flexibility index (Phi) is 3.87. The zero-order valence-corrected chi connectivity index (χ0v) is 7.34. The van der Waals surface area contributed by atoms with Gasteiger partial charge in [-0.1, -0.05) is 12.8 Å². The van der Waals surface area contributed by atoms with E-state index in [9.17, 15) is 5.11 Å². The summed E-state index contributed by atoms with van der Waals surface area (Å²) in [4.78, 5) is 0.